The van der Waals surface area contributed by atoms with Gasteiger partial charge in [0, 0.05) is 24.7 Å². The van der Waals surface area contributed by atoms with Crippen LogP contribution < -0.4 is 0 Å². The molecule has 0 aromatic rings. The average Bonchev–Trinajstić information content (AvgIpc) is 2.01. The highest BCUT2D eigenvalue weighted by Crippen LogP contribution is 2.12. The minimum Gasteiger partial charge on any atom is -0.394 e. The van der Waals surface area contributed by atoms with E-state index in [0.29, 0.717) is 11.6 Å². The molecule has 1 heterocycles. The SMILES string of the molecule is C=C(Cl)CN1CC(C)OC(CO)C1. The number of hydrogen-bond donors (Lipinski definition) is 1. The van der Waals surface area contributed by atoms with Gasteiger partial charge >= 0.3 is 0 Å². The Morgan fingerprint density at radius 1 is 1.69 bits per heavy atom. The summed E-state index contributed by atoms with van der Waals surface area (Å²) in [5.74, 6) is 0. The molecule has 0 aromatic carbocycles. The fourth-order valence-corrected chi connectivity index (χ4v) is 1.78. The lowest BCUT2D eigenvalue weighted by molar-refractivity contribution is -0.0925. The molecule has 0 aliphatic carbocycles. The maximum absolute atomic E-state index is 8.95. The predicted octanol–water partition coefficient (Wildman–Crippen LogP) is 0.821. The van der Waals surface area contributed by atoms with Gasteiger partial charge in [-0.15, -0.1) is 0 Å². The number of nitrogens with zero attached hydrogens (tertiary/aromatic N) is 1. The number of morpholine rings is 1. The number of ether oxygens (including phenoxy) is 1. The van der Waals surface area contributed by atoms with E-state index in [1.54, 1.807) is 0 Å². The van der Waals surface area contributed by atoms with Crippen LogP contribution in [0.1, 0.15) is 6.92 Å². The van der Waals surface area contributed by atoms with E-state index in [4.69, 9.17) is 21.4 Å². The Hall–Kier alpha value is -0.0900. The lowest BCUT2D eigenvalue weighted by Gasteiger charge is -2.35. The van der Waals surface area contributed by atoms with Gasteiger partial charge in [0.15, 0.2) is 0 Å². The highest BCUT2D eigenvalue weighted by molar-refractivity contribution is 6.29. The normalized spacial score (nSPS) is 30.4. The minimum absolute atomic E-state index is 0.0651. The van der Waals surface area contributed by atoms with Gasteiger partial charge in [-0.2, -0.15) is 0 Å². The summed E-state index contributed by atoms with van der Waals surface area (Å²) in [5, 5.41) is 9.58. The van der Waals surface area contributed by atoms with Crippen LogP contribution >= 0.6 is 11.6 Å². The van der Waals surface area contributed by atoms with E-state index in [2.05, 4.69) is 11.5 Å². The van der Waals surface area contributed by atoms with E-state index in [0.717, 1.165) is 13.1 Å². The number of hydrogen-bond acceptors (Lipinski definition) is 3. The monoisotopic (exact) mass is 205 g/mol. The van der Waals surface area contributed by atoms with Crippen molar-refractivity contribution in [2.24, 2.45) is 0 Å². The molecule has 0 amide bonds. The van der Waals surface area contributed by atoms with Crippen LogP contribution in [0.5, 0.6) is 0 Å². The van der Waals surface area contributed by atoms with E-state index >= 15 is 0 Å². The van der Waals surface area contributed by atoms with E-state index < -0.39 is 0 Å². The zero-order valence-corrected chi connectivity index (χ0v) is 8.63. The van der Waals surface area contributed by atoms with E-state index in [9.17, 15) is 0 Å². The molecule has 3 nitrogen and oxygen atoms in total. The van der Waals surface area contributed by atoms with E-state index in [1.165, 1.54) is 0 Å². The second-order valence-corrected chi connectivity index (χ2v) is 4.00. The first-order valence-corrected chi connectivity index (χ1v) is 4.81. The molecule has 2 atom stereocenters. The van der Waals surface area contributed by atoms with Gasteiger partial charge in [-0.05, 0) is 6.92 Å². The topological polar surface area (TPSA) is 32.7 Å². The zero-order valence-electron chi connectivity index (χ0n) is 7.87. The van der Waals surface area contributed by atoms with Gasteiger partial charge in [-0.1, -0.05) is 18.2 Å². The van der Waals surface area contributed by atoms with Crippen LogP contribution in [0.25, 0.3) is 0 Å². The Bertz CT molecular complexity index is 186. The van der Waals surface area contributed by atoms with Gasteiger partial charge in [0.05, 0.1) is 18.8 Å². The maximum Gasteiger partial charge on any atom is 0.0936 e. The Balaban J connectivity index is 2.42. The van der Waals surface area contributed by atoms with Gasteiger partial charge in [0.1, 0.15) is 0 Å². The van der Waals surface area contributed by atoms with Gasteiger partial charge < -0.3 is 9.84 Å². The Morgan fingerprint density at radius 3 is 2.92 bits per heavy atom. The third kappa shape index (κ3) is 3.65. The Morgan fingerprint density at radius 2 is 2.38 bits per heavy atom. The van der Waals surface area contributed by atoms with Crippen LogP contribution in [0.4, 0.5) is 0 Å². The Labute approximate surface area is 83.9 Å². The van der Waals surface area contributed by atoms with Gasteiger partial charge in [0.25, 0.3) is 0 Å². The predicted molar refractivity (Wildman–Crippen MR) is 52.9 cm³/mol. The molecule has 1 saturated heterocycles. The lowest BCUT2D eigenvalue weighted by atomic mass is 10.2. The molecule has 1 aliphatic rings. The molecule has 1 N–H and O–H groups in total. The summed E-state index contributed by atoms with van der Waals surface area (Å²) in [6, 6.07) is 0. The number of rotatable bonds is 3. The summed E-state index contributed by atoms with van der Waals surface area (Å²) < 4.78 is 5.48. The van der Waals surface area contributed by atoms with Crippen LogP contribution in [0.3, 0.4) is 0 Å². The standard InChI is InChI=1S/C9H16ClNO2/c1-7(10)3-11-4-8(2)13-9(5-11)6-12/h8-9,12H,1,3-6H2,2H3. The van der Waals surface area contributed by atoms with Crippen LogP contribution in [0, 0.1) is 0 Å². The molecule has 2 unspecified atom stereocenters. The molecule has 4 heteroatoms. The third-order valence-electron chi connectivity index (χ3n) is 2.00. The molecule has 0 aromatic heterocycles. The van der Waals surface area contributed by atoms with Crippen molar-refractivity contribution in [3.05, 3.63) is 11.6 Å². The van der Waals surface area contributed by atoms with Crippen LogP contribution in [0.15, 0.2) is 11.6 Å². The molecule has 1 rings (SSSR count). The van der Waals surface area contributed by atoms with Crippen molar-refractivity contribution in [1.82, 2.24) is 4.90 Å². The van der Waals surface area contributed by atoms with Gasteiger partial charge in [0.2, 0.25) is 0 Å². The lowest BCUT2D eigenvalue weighted by Crippen LogP contribution is -2.48. The molecule has 1 aliphatic heterocycles. The van der Waals surface area contributed by atoms with Crippen LogP contribution in [-0.4, -0.2) is 48.5 Å². The number of halogens is 1. The molecule has 1 fully saturated rings. The molecule has 13 heavy (non-hydrogen) atoms. The first kappa shape index (κ1) is 11.0. The molecule has 76 valence electrons. The van der Waals surface area contributed by atoms with Gasteiger partial charge in [-0.3, -0.25) is 4.90 Å². The molecule has 0 spiro atoms. The largest absolute Gasteiger partial charge is 0.394 e. The van der Waals surface area contributed by atoms with Crippen LogP contribution in [0.2, 0.25) is 0 Å². The summed E-state index contributed by atoms with van der Waals surface area (Å²) >= 11 is 5.71. The molecule has 0 radical (unpaired) electrons. The number of aliphatic hydroxyl groups excluding tert-OH is 1. The Kier molecular flexibility index (Phi) is 4.19. The first-order valence-electron chi connectivity index (χ1n) is 4.43. The minimum atomic E-state index is -0.0835. The van der Waals surface area contributed by atoms with E-state index in [1.807, 2.05) is 6.92 Å². The van der Waals surface area contributed by atoms with Crippen molar-refractivity contribution in [1.29, 1.82) is 0 Å². The van der Waals surface area contributed by atoms with Crippen molar-refractivity contribution >= 4 is 11.6 Å². The number of aliphatic hydroxyl groups is 1. The highest BCUT2D eigenvalue weighted by Gasteiger charge is 2.24. The maximum atomic E-state index is 8.95. The molecule has 0 bridgehead atoms. The molecular formula is C9H16ClNO2. The second kappa shape index (κ2) is 4.96. The van der Waals surface area contributed by atoms with E-state index in [-0.39, 0.29) is 18.8 Å². The van der Waals surface area contributed by atoms with Crippen molar-refractivity contribution < 1.29 is 9.84 Å². The fraction of sp³-hybridized carbons (Fsp3) is 0.778. The summed E-state index contributed by atoms with van der Waals surface area (Å²) in [7, 11) is 0. The van der Waals surface area contributed by atoms with Crippen molar-refractivity contribution in [3.8, 4) is 0 Å². The highest BCUT2D eigenvalue weighted by atomic mass is 35.5. The fourth-order valence-electron chi connectivity index (χ4n) is 1.61. The third-order valence-corrected chi connectivity index (χ3v) is 2.12. The van der Waals surface area contributed by atoms with Crippen LogP contribution in [-0.2, 0) is 4.74 Å². The zero-order chi connectivity index (χ0) is 9.84. The summed E-state index contributed by atoms with van der Waals surface area (Å²) in [5.41, 5.74) is 0. The summed E-state index contributed by atoms with van der Waals surface area (Å²) in [6.07, 6.45) is 0.0710. The molecular weight excluding hydrogens is 190 g/mol. The quantitative estimate of drug-likeness (QED) is 0.741. The van der Waals surface area contributed by atoms with Crippen molar-refractivity contribution in [2.45, 2.75) is 19.1 Å². The van der Waals surface area contributed by atoms with Crippen molar-refractivity contribution in [2.75, 3.05) is 26.2 Å². The van der Waals surface area contributed by atoms with Gasteiger partial charge in [-0.25, -0.2) is 0 Å². The van der Waals surface area contributed by atoms with Crippen molar-refractivity contribution in [3.63, 3.8) is 0 Å². The first-order chi connectivity index (χ1) is 6.11. The second-order valence-electron chi connectivity index (χ2n) is 3.46. The summed E-state index contributed by atoms with van der Waals surface area (Å²) in [6.45, 7) is 7.95. The molecule has 0 saturated carbocycles. The smallest absolute Gasteiger partial charge is 0.0936 e. The summed E-state index contributed by atoms with van der Waals surface area (Å²) in [4.78, 5) is 2.14. The average molecular weight is 206 g/mol.